The first-order chi connectivity index (χ1) is 9.29. The van der Waals surface area contributed by atoms with Crippen LogP contribution in [0.3, 0.4) is 0 Å². The van der Waals surface area contributed by atoms with E-state index in [4.69, 9.17) is 0 Å². The van der Waals surface area contributed by atoms with E-state index >= 15 is 0 Å². The Morgan fingerprint density at radius 1 is 1.32 bits per heavy atom. The van der Waals surface area contributed by atoms with E-state index in [1.807, 2.05) is 12.3 Å². The van der Waals surface area contributed by atoms with Crippen molar-refractivity contribution in [1.82, 2.24) is 10.3 Å². The third kappa shape index (κ3) is 2.39. The third-order valence-electron chi connectivity index (χ3n) is 4.51. The van der Waals surface area contributed by atoms with E-state index in [0.29, 0.717) is 17.5 Å². The van der Waals surface area contributed by atoms with Crippen LogP contribution in [0.2, 0.25) is 0 Å². The van der Waals surface area contributed by atoms with E-state index in [9.17, 15) is 4.39 Å². The zero-order valence-corrected chi connectivity index (χ0v) is 11.4. The molecule has 2 nitrogen and oxygen atoms in total. The number of hydrogen-bond donors (Lipinski definition) is 2. The lowest BCUT2D eigenvalue weighted by Crippen LogP contribution is -2.37. The van der Waals surface area contributed by atoms with Crippen molar-refractivity contribution in [2.24, 2.45) is 5.92 Å². The van der Waals surface area contributed by atoms with Crippen molar-refractivity contribution in [2.45, 2.75) is 38.1 Å². The van der Waals surface area contributed by atoms with Crippen LogP contribution in [0.1, 0.15) is 31.2 Å². The minimum atomic E-state index is -0.155. The minimum Gasteiger partial charge on any atom is -0.359 e. The molecule has 1 aliphatic carbocycles. The molecular weight excluding hydrogens is 239 g/mol. The van der Waals surface area contributed by atoms with Crippen LogP contribution in [0.25, 0.3) is 10.9 Å². The van der Waals surface area contributed by atoms with Gasteiger partial charge in [0, 0.05) is 17.6 Å². The van der Waals surface area contributed by atoms with Crippen molar-refractivity contribution in [3.05, 3.63) is 35.8 Å². The molecule has 1 aromatic heterocycles. The van der Waals surface area contributed by atoms with Gasteiger partial charge in [-0.15, -0.1) is 0 Å². The molecule has 0 spiro atoms. The van der Waals surface area contributed by atoms with Gasteiger partial charge in [-0.1, -0.05) is 25.0 Å². The molecule has 0 saturated heterocycles. The van der Waals surface area contributed by atoms with Gasteiger partial charge in [-0.3, -0.25) is 0 Å². The summed E-state index contributed by atoms with van der Waals surface area (Å²) in [7, 11) is 2.05. The molecule has 2 aromatic rings. The lowest BCUT2D eigenvalue weighted by Gasteiger charge is -2.31. The molecule has 19 heavy (non-hydrogen) atoms. The second-order valence-corrected chi connectivity index (χ2v) is 5.62. The lowest BCUT2D eigenvalue weighted by atomic mass is 9.81. The lowest BCUT2D eigenvalue weighted by molar-refractivity contribution is 0.273. The van der Waals surface area contributed by atoms with Crippen LogP contribution in [0.15, 0.2) is 24.4 Å². The van der Waals surface area contributed by atoms with Gasteiger partial charge in [-0.2, -0.15) is 0 Å². The molecule has 1 fully saturated rings. The highest BCUT2D eigenvalue weighted by Gasteiger charge is 2.24. The number of fused-ring (bicyclic) bond motifs is 1. The Morgan fingerprint density at radius 2 is 2.16 bits per heavy atom. The number of aromatic nitrogens is 1. The van der Waals surface area contributed by atoms with Gasteiger partial charge >= 0.3 is 0 Å². The van der Waals surface area contributed by atoms with Crippen LogP contribution >= 0.6 is 0 Å². The predicted molar refractivity (Wildman–Crippen MR) is 76.8 cm³/mol. The highest BCUT2D eigenvalue weighted by Crippen LogP contribution is 2.30. The molecule has 1 saturated carbocycles. The second-order valence-electron chi connectivity index (χ2n) is 5.62. The molecule has 2 unspecified atom stereocenters. The fourth-order valence-corrected chi connectivity index (χ4v) is 3.46. The maximum absolute atomic E-state index is 13.7. The number of H-pyrrole nitrogens is 1. The van der Waals surface area contributed by atoms with Crippen LogP contribution in [0.5, 0.6) is 0 Å². The van der Waals surface area contributed by atoms with Crippen LogP contribution in [0, 0.1) is 11.7 Å². The summed E-state index contributed by atoms with van der Waals surface area (Å²) in [5.41, 5.74) is 1.90. The standard InChI is InChI=1S/C16H21FN2/c1-18-15-8-3-2-5-11(15)9-12-10-19-16-13(12)6-4-7-14(16)17/h4,6-7,10-11,15,18-19H,2-3,5,8-9H2,1H3. The molecule has 1 aromatic carbocycles. The predicted octanol–water partition coefficient (Wildman–Crippen LogP) is 3.63. The summed E-state index contributed by atoms with van der Waals surface area (Å²) in [6.07, 6.45) is 8.19. The first kappa shape index (κ1) is 12.7. The normalized spacial score (nSPS) is 23.9. The van der Waals surface area contributed by atoms with Gasteiger partial charge in [0.25, 0.3) is 0 Å². The first-order valence-corrected chi connectivity index (χ1v) is 7.21. The fraction of sp³-hybridized carbons (Fsp3) is 0.500. The summed E-state index contributed by atoms with van der Waals surface area (Å²) in [6, 6.07) is 5.93. The van der Waals surface area contributed by atoms with E-state index in [1.165, 1.54) is 37.3 Å². The third-order valence-corrected chi connectivity index (χ3v) is 4.51. The molecule has 0 radical (unpaired) electrons. The van der Waals surface area contributed by atoms with Gasteiger partial charge in [0.05, 0.1) is 5.52 Å². The first-order valence-electron chi connectivity index (χ1n) is 7.21. The van der Waals surface area contributed by atoms with Crippen LogP contribution in [-0.2, 0) is 6.42 Å². The Labute approximate surface area is 113 Å². The second kappa shape index (κ2) is 5.33. The Bertz CT molecular complexity index is 561. The van der Waals surface area contributed by atoms with Crippen molar-refractivity contribution < 1.29 is 4.39 Å². The number of rotatable bonds is 3. The van der Waals surface area contributed by atoms with E-state index in [1.54, 1.807) is 6.07 Å². The molecule has 2 N–H and O–H groups in total. The molecule has 0 amide bonds. The zero-order chi connectivity index (χ0) is 13.2. The molecule has 102 valence electrons. The SMILES string of the molecule is CNC1CCCCC1Cc1c[nH]c2c(F)cccc12. The summed E-state index contributed by atoms with van der Waals surface area (Å²) in [6.45, 7) is 0. The molecule has 1 heterocycles. The van der Waals surface area contributed by atoms with Crippen molar-refractivity contribution >= 4 is 10.9 Å². The number of benzene rings is 1. The van der Waals surface area contributed by atoms with Crippen molar-refractivity contribution in [3.63, 3.8) is 0 Å². The summed E-state index contributed by atoms with van der Waals surface area (Å²) in [5.74, 6) is 0.513. The summed E-state index contributed by atoms with van der Waals surface area (Å²) < 4.78 is 13.7. The fourth-order valence-electron chi connectivity index (χ4n) is 3.46. The topological polar surface area (TPSA) is 27.8 Å². The quantitative estimate of drug-likeness (QED) is 0.866. The van der Waals surface area contributed by atoms with Gasteiger partial charge in [0.15, 0.2) is 0 Å². The van der Waals surface area contributed by atoms with E-state index < -0.39 is 0 Å². The van der Waals surface area contributed by atoms with E-state index in [-0.39, 0.29) is 5.82 Å². The zero-order valence-electron chi connectivity index (χ0n) is 11.4. The minimum absolute atomic E-state index is 0.155. The Kier molecular flexibility index (Phi) is 3.56. The van der Waals surface area contributed by atoms with Crippen LogP contribution in [-0.4, -0.2) is 18.1 Å². The van der Waals surface area contributed by atoms with Gasteiger partial charge in [0.2, 0.25) is 0 Å². The van der Waals surface area contributed by atoms with Crippen molar-refractivity contribution in [2.75, 3.05) is 7.05 Å². The molecular formula is C16H21FN2. The molecule has 3 rings (SSSR count). The number of aromatic amines is 1. The van der Waals surface area contributed by atoms with Gasteiger partial charge < -0.3 is 10.3 Å². The number of para-hydroxylation sites is 1. The van der Waals surface area contributed by atoms with Crippen LogP contribution in [0.4, 0.5) is 4.39 Å². The smallest absolute Gasteiger partial charge is 0.147 e. The maximum Gasteiger partial charge on any atom is 0.147 e. The van der Waals surface area contributed by atoms with E-state index in [2.05, 4.69) is 17.3 Å². The number of halogens is 1. The Hall–Kier alpha value is -1.35. The maximum atomic E-state index is 13.7. The molecule has 2 atom stereocenters. The summed E-state index contributed by atoms with van der Waals surface area (Å²) in [4.78, 5) is 3.08. The van der Waals surface area contributed by atoms with Crippen molar-refractivity contribution in [3.8, 4) is 0 Å². The Balaban J connectivity index is 1.86. The number of nitrogens with one attached hydrogen (secondary N) is 2. The van der Waals surface area contributed by atoms with Crippen LogP contribution < -0.4 is 5.32 Å². The van der Waals surface area contributed by atoms with Gasteiger partial charge in [0.1, 0.15) is 5.82 Å². The van der Waals surface area contributed by atoms with E-state index in [0.717, 1.165) is 11.8 Å². The highest BCUT2D eigenvalue weighted by molar-refractivity contribution is 5.83. The van der Waals surface area contributed by atoms with Gasteiger partial charge in [-0.05, 0) is 43.9 Å². The molecule has 0 aliphatic heterocycles. The summed E-state index contributed by atoms with van der Waals surface area (Å²) in [5, 5.41) is 4.48. The largest absolute Gasteiger partial charge is 0.359 e. The monoisotopic (exact) mass is 260 g/mol. The average Bonchev–Trinajstić information content (AvgIpc) is 2.84. The molecule has 3 heteroatoms. The average molecular weight is 260 g/mol. The molecule has 1 aliphatic rings. The summed E-state index contributed by atoms with van der Waals surface area (Å²) >= 11 is 0. The van der Waals surface area contributed by atoms with Gasteiger partial charge in [-0.25, -0.2) is 4.39 Å². The molecule has 0 bridgehead atoms. The Morgan fingerprint density at radius 3 is 3.00 bits per heavy atom. The number of hydrogen-bond acceptors (Lipinski definition) is 1. The highest BCUT2D eigenvalue weighted by atomic mass is 19.1. The van der Waals surface area contributed by atoms with Crippen molar-refractivity contribution in [1.29, 1.82) is 0 Å².